The summed E-state index contributed by atoms with van der Waals surface area (Å²) in [6, 6.07) is 66.3. The molecule has 726 valence electrons. The minimum absolute atomic E-state index is 0.0989. The van der Waals surface area contributed by atoms with Crippen molar-refractivity contribution in [2.45, 2.75) is 106 Å². The van der Waals surface area contributed by atoms with Crippen molar-refractivity contribution in [2.24, 2.45) is 0 Å². The Labute approximate surface area is 803 Å². The van der Waals surface area contributed by atoms with Crippen molar-refractivity contribution in [3.63, 3.8) is 0 Å². The minimum Gasteiger partial charge on any atom is -0.497 e. The second-order valence-corrected chi connectivity index (χ2v) is 31.4. The van der Waals surface area contributed by atoms with Gasteiger partial charge in [0, 0.05) is 72.8 Å². The van der Waals surface area contributed by atoms with E-state index in [2.05, 4.69) is 0 Å². The van der Waals surface area contributed by atoms with Crippen LogP contribution < -0.4 is 114 Å². The fourth-order valence-corrected chi connectivity index (χ4v) is 14.7. The molecule has 0 atom stereocenters. The third kappa shape index (κ3) is 28.9. The van der Waals surface area contributed by atoms with Gasteiger partial charge in [-0.15, -0.1) is 0 Å². The Morgan fingerprint density at radius 3 is 0.377 bits per heavy atom. The minimum atomic E-state index is -1.37. The molecule has 0 radical (unpaired) electrons. The van der Waals surface area contributed by atoms with Crippen LogP contribution in [0.25, 0.3) is 0 Å². The number of aryl methyl sites for hydroxylation is 2. The summed E-state index contributed by atoms with van der Waals surface area (Å²) in [4.78, 5) is 10.9. The molecule has 1 heterocycles. The maximum atomic E-state index is 7.24. The van der Waals surface area contributed by atoms with Gasteiger partial charge in [0.1, 0.15) is 202 Å². The topological polar surface area (TPSA) is 284 Å². The second kappa shape index (κ2) is 49.8. The molecule has 12 aromatic carbocycles. The molecular formula is C108H116N2O28. The van der Waals surface area contributed by atoms with Crippen LogP contribution in [0.4, 0.5) is 0 Å². The molecule has 138 heavy (non-hydrogen) atoms. The molecular weight excluding hydrogens is 1770 g/mol. The summed E-state index contributed by atoms with van der Waals surface area (Å²) in [7, 11) is 25.4. The second-order valence-electron chi connectivity index (χ2n) is 31.4. The van der Waals surface area contributed by atoms with Gasteiger partial charge in [-0.1, -0.05) is 0 Å². The van der Waals surface area contributed by atoms with E-state index in [-0.39, 0.29) is 90.7 Å². The first-order chi connectivity index (χ1) is 67.2. The monoisotopic (exact) mass is 1890 g/mol. The number of methoxy groups -OCH3 is 16. The molecule has 0 amide bonds. The van der Waals surface area contributed by atoms with E-state index >= 15 is 0 Å². The molecule has 0 aliphatic heterocycles. The number of benzene rings is 12. The zero-order valence-electron chi connectivity index (χ0n) is 80.7. The van der Waals surface area contributed by atoms with Crippen LogP contribution in [0.3, 0.4) is 0 Å². The predicted octanol–water partition coefficient (Wildman–Crippen LogP) is 20.7. The number of rotatable bonds is 54. The number of nitrogens with zero attached hydrogens (tertiary/aromatic N) is 2. The lowest BCUT2D eigenvalue weighted by Crippen LogP contribution is -2.19. The molecule has 0 fully saturated rings. The molecule has 13 rings (SSSR count). The first-order valence-corrected chi connectivity index (χ1v) is 43.8. The summed E-state index contributed by atoms with van der Waals surface area (Å²) in [6.07, 6.45) is -2.74. The van der Waals surface area contributed by atoms with Gasteiger partial charge in [0.25, 0.3) is 0 Å². The summed E-state index contributed by atoms with van der Waals surface area (Å²) >= 11 is 0. The summed E-state index contributed by atoms with van der Waals surface area (Å²) in [5.74, 6) is 12.7. The quantitative estimate of drug-likeness (QED) is 0.0320. The Kier molecular flexibility index (Phi) is 36.2. The Morgan fingerprint density at radius 2 is 0.254 bits per heavy atom. The van der Waals surface area contributed by atoms with Gasteiger partial charge in [-0.25, -0.2) is 4.98 Å². The van der Waals surface area contributed by atoms with Gasteiger partial charge in [-0.3, -0.25) is 4.98 Å². The van der Waals surface area contributed by atoms with Crippen molar-refractivity contribution in [1.29, 1.82) is 0 Å². The van der Waals surface area contributed by atoms with E-state index in [1.807, 2.05) is 159 Å². The Balaban J connectivity index is 0.932. The van der Waals surface area contributed by atoms with Gasteiger partial charge in [-0.05, 0) is 226 Å². The first-order valence-electron chi connectivity index (χ1n) is 43.8. The van der Waals surface area contributed by atoms with Crippen LogP contribution in [0.1, 0.15) is 102 Å². The van der Waals surface area contributed by atoms with Crippen molar-refractivity contribution in [3.8, 4) is 138 Å². The zero-order chi connectivity index (χ0) is 97.4. The van der Waals surface area contributed by atoms with Crippen LogP contribution in [-0.2, 0) is 98.2 Å². The molecule has 0 spiro atoms. The lowest BCUT2D eigenvalue weighted by atomic mass is 10.1. The normalized spacial score (nSPS) is 11.0. The van der Waals surface area contributed by atoms with Crippen LogP contribution in [0, 0.1) is 13.8 Å². The molecule has 0 saturated heterocycles. The maximum Gasteiger partial charge on any atom is 0.203 e. The molecule has 0 N–H and O–H groups in total. The number of ether oxygens (including phenoxy) is 28. The summed E-state index contributed by atoms with van der Waals surface area (Å²) < 4.78 is 173. The molecule has 0 saturated carbocycles. The summed E-state index contributed by atoms with van der Waals surface area (Å²) in [6.45, 7) is 3.84. The van der Waals surface area contributed by atoms with E-state index in [0.29, 0.717) is 172 Å². The molecule has 0 unspecified atom stereocenters. The number of hydrogen-bond acceptors (Lipinski definition) is 30. The molecule has 30 nitrogen and oxygen atoms in total. The molecule has 13 aromatic rings. The summed E-state index contributed by atoms with van der Waals surface area (Å²) in [5, 5.41) is 0. The lowest BCUT2D eigenvalue weighted by Gasteiger charge is -2.25. The van der Waals surface area contributed by atoms with E-state index < -0.39 is 12.6 Å². The van der Waals surface area contributed by atoms with Crippen LogP contribution in [0.2, 0.25) is 0 Å². The Morgan fingerprint density at radius 1 is 0.145 bits per heavy atom. The number of hydrogen-bond donors (Lipinski definition) is 0. The van der Waals surface area contributed by atoms with E-state index in [4.69, 9.17) is 143 Å². The van der Waals surface area contributed by atoms with Gasteiger partial charge >= 0.3 is 0 Å². The lowest BCUT2D eigenvalue weighted by molar-refractivity contribution is -0.170. The highest BCUT2D eigenvalue weighted by atomic mass is 16.7. The largest absolute Gasteiger partial charge is 0.497 e. The fourth-order valence-electron chi connectivity index (χ4n) is 14.7. The van der Waals surface area contributed by atoms with Gasteiger partial charge in [0.05, 0.1) is 152 Å². The van der Waals surface area contributed by atoms with Crippen LogP contribution in [0.15, 0.2) is 218 Å². The highest BCUT2D eigenvalue weighted by Crippen LogP contribution is 2.40. The Bertz CT molecular complexity index is 5010. The molecule has 0 aliphatic carbocycles. The highest BCUT2D eigenvalue weighted by molar-refractivity contribution is 5.49. The van der Waals surface area contributed by atoms with E-state index in [1.54, 1.807) is 187 Å². The zero-order valence-corrected chi connectivity index (χ0v) is 80.7. The van der Waals surface area contributed by atoms with Crippen LogP contribution in [0.5, 0.6) is 138 Å². The molecule has 0 aliphatic rings. The molecule has 30 heteroatoms. The third-order valence-corrected chi connectivity index (χ3v) is 21.7. The molecule has 1 aromatic heterocycles. The van der Waals surface area contributed by atoms with Crippen molar-refractivity contribution in [1.82, 2.24) is 9.97 Å². The summed E-state index contributed by atoms with van der Waals surface area (Å²) in [5.41, 5.74) is 9.86. The van der Waals surface area contributed by atoms with Crippen LogP contribution in [-0.4, -0.2) is 124 Å². The van der Waals surface area contributed by atoms with Crippen molar-refractivity contribution in [2.75, 3.05) is 114 Å². The number of aromatic nitrogens is 2. The van der Waals surface area contributed by atoms with E-state index in [0.717, 1.165) is 44.5 Å². The maximum absolute atomic E-state index is 7.24. The smallest absolute Gasteiger partial charge is 0.203 e. The standard InChI is InChI=1S/C108H116N2O28/c1-67-105(107(135-63-77-35-97(127-55-69-19-81(111-3)43-82(20-69)112-4)51-98(36-77)128-56-70-21-83(113-5)44-84(22-70)114-6)136-64-78-37-99(129-57-71-23-85(115-7)45-86(24-71)116-8)52-100(38-78)130-58-72-25-87(117-9)46-88(26-72)118-10)110-106(68(2)109-67)108(137-65-79-39-101(131-59-73-27-89(119-11)47-90(28-73)120-12)53-102(40-79)132-60-74-29-91(121-13)48-92(30-74)122-14)138-66-80-41-103(133-61-75-31-93(123-15)49-94(32-75)124-16)54-104(42-80)134-62-76-33-95(125-17)50-96(34-76)126-18/h19-54,107-108H,55-66H2,1-18H3. The van der Waals surface area contributed by atoms with Gasteiger partial charge in [-0.2, -0.15) is 0 Å². The average Bonchev–Trinajstić information content (AvgIpc) is 0.787. The molecule has 0 bridgehead atoms. The Hall–Kier alpha value is -15.2. The fraction of sp³-hybridized carbons (Fsp3) is 0.296. The van der Waals surface area contributed by atoms with Gasteiger partial charge in [0.2, 0.25) is 12.6 Å². The third-order valence-electron chi connectivity index (χ3n) is 21.7. The average molecular weight is 1890 g/mol. The van der Waals surface area contributed by atoms with Crippen LogP contribution >= 0.6 is 0 Å². The van der Waals surface area contributed by atoms with Crippen molar-refractivity contribution >= 4 is 0 Å². The van der Waals surface area contributed by atoms with Crippen molar-refractivity contribution < 1.29 is 133 Å². The van der Waals surface area contributed by atoms with Gasteiger partial charge < -0.3 is 133 Å². The first kappa shape index (κ1) is 100. The van der Waals surface area contributed by atoms with Crippen molar-refractivity contribution in [3.05, 3.63) is 308 Å². The van der Waals surface area contributed by atoms with E-state index in [1.165, 1.54) is 0 Å². The SMILES string of the molecule is COc1cc(COc2cc(COC(OCc3cc(OCc4cc(OC)cc(OC)c4)cc(OCc4cc(OC)cc(OC)c4)c3)c3nc(C(OCc4cc(OCc5cc(OC)cc(OC)c5)cc(OCc5cc(OC)cc(OC)c5)c4)OCc4cc(OCc5cc(OC)cc(OC)c5)cc(OCc5cc(OC)cc(OC)c5)c4)c(C)nc3C)cc(OCc3cc(OC)cc(OC)c3)c2)cc(OC)c1. The van der Waals surface area contributed by atoms with Gasteiger partial charge in [0.15, 0.2) is 0 Å². The van der Waals surface area contributed by atoms with E-state index in [9.17, 15) is 0 Å². The predicted molar refractivity (Wildman–Crippen MR) is 513 cm³/mol. The highest BCUT2D eigenvalue weighted by Gasteiger charge is 2.28.